The Bertz CT molecular complexity index is 416. The molecule has 0 aliphatic carbocycles. The molecule has 1 aromatic carbocycles. The first-order valence-electron chi connectivity index (χ1n) is 4.52. The first-order chi connectivity index (χ1) is 7.42. The summed E-state index contributed by atoms with van der Waals surface area (Å²) < 4.78 is -1.94. The first-order valence-corrected chi connectivity index (χ1v) is 5.65. The molecule has 1 heterocycles. The minimum Gasteiger partial charge on any atom is -0.355 e. The molecule has 0 spiro atoms. The molecule has 1 unspecified atom stereocenters. The molecule has 1 aliphatic rings. The van der Waals surface area contributed by atoms with Crippen molar-refractivity contribution in [2.45, 2.75) is 16.0 Å². The Kier molecular flexibility index (Phi) is 3.05. The Morgan fingerprint density at radius 1 is 1.25 bits per heavy atom. The summed E-state index contributed by atoms with van der Waals surface area (Å²) in [5.41, 5.74) is 1.38. The van der Waals surface area contributed by atoms with Crippen LogP contribution in [0, 0.1) is 0 Å². The molecule has 0 saturated carbocycles. The summed E-state index contributed by atoms with van der Waals surface area (Å²) in [5.74, 6) is -1.90. The number of aliphatic hydroxyl groups is 1. The molecule has 1 N–H and O–H groups in total. The van der Waals surface area contributed by atoms with E-state index in [0.717, 1.165) is 5.56 Å². The predicted octanol–water partition coefficient (Wildman–Crippen LogP) is 2.87. The summed E-state index contributed by atoms with van der Waals surface area (Å²) in [7, 11) is 0. The van der Waals surface area contributed by atoms with E-state index in [0.29, 0.717) is 5.71 Å². The number of hydrogen-bond acceptors (Lipinski definition) is 3. The number of benzene rings is 1. The van der Waals surface area contributed by atoms with Gasteiger partial charge in [0.25, 0.3) is 9.58 Å². The van der Waals surface area contributed by atoms with Crippen LogP contribution in [0.2, 0.25) is 0 Å². The van der Waals surface area contributed by atoms with Gasteiger partial charge in [-0.15, -0.1) is 0 Å². The van der Waals surface area contributed by atoms with Crippen molar-refractivity contribution in [1.82, 2.24) is 0 Å². The van der Waals surface area contributed by atoms with Crippen LogP contribution in [0.3, 0.4) is 0 Å². The van der Waals surface area contributed by atoms with Crippen LogP contribution in [0.4, 0.5) is 0 Å². The fourth-order valence-electron chi connectivity index (χ4n) is 1.36. The molecule has 2 rings (SSSR count). The maximum Gasteiger partial charge on any atom is 0.287 e. The van der Waals surface area contributed by atoms with Crippen molar-refractivity contribution >= 4 is 40.5 Å². The number of rotatable bonds is 1. The topological polar surface area (TPSA) is 41.8 Å². The molecule has 0 saturated heterocycles. The van der Waals surface area contributed by atoms with E-state index in [-0.39, 0.29) is 6.42 Å². The van der Waals surface area contributed by atoms with Gasteiger partial charge in [-0.2, -0.15) is 0 Å². The highest BCUT2D eigenvalue weighted by atomic mass is 35.6. The van der Waals surface area contributed by atoms with Crippen molar-refractivity contribution in [3.05, 3.63) is 35.9 Å². The third-order valence-corrected chi connectivity index (χ3v) is 3.15. The van der Waals surface area contributed by atoms with Gasteiger partial charge in [0.05, 0.1) is 12.1 Å². The number of hydrogen-bond donors (Lipinski definition) is 1. The molecular weight excluding hydrogens is 272 g/mol. The van der Waals surface area contributed by atoms with Gasteiger partial charge in [-0.25, -0.2) is 0 Å². The van der Waals surface area contributed by atoms with Gasteiger partial charge in [0.2, 0.25) is 0 Å². The SMILES string of the molecule is OC1(C(Cl)(Cl)Cl)CC(c2ccccc2)=NO1. The van der Waals surface area contributed by atoms with E-state index >= 15 is 0 Å². The summed E-state index contributed by atoms with van der Waals surface area (Å²) in [6.07, 6.45) is 0.0352. The average molecular weight is 281 g/mol. The Morgan fingerprint density at radius 2 is 1.88 bits per heavy atom. The predicted molar refractivity (Wildman–Crippen MR) is 63.9 cm³/mol. The lowest BCUT2D eigenvalue weighted by Gasteiger charge is -2.26. The van der Waals surface area contributed by atoms with Crippen LogP contribution in [0.5, 0.6) is 0 Å². The molecule has 6 heteroatoms. The van der Waals surface area contributed by atoms with E-state index in [4.69, 9.17) is 39.6 Å². The lowest BCUT2D eigenvalue weighted by Crippen LogP contribution is -2.42. The molecule has 0 aromatic heterocycles. The highest BCUT2D eigenvalue weighted by Gasteiger charge is 2.54. The molecule has 16 heavy (non-hydrogen) atoms. The molecule has 1 aromatic rings. The third-order valence-electron chi connectivity index (χ3n) is 2.26. The first kappa shape index (κ1) is 12.0. The zero-order valence-corrected chi connectivity index (χ0v) is 10.3. The van der Waals surface area contributed by atoms with Crippen molar-refractivity contribution in [3.63, 3.8) is 0 Å². The van der Waals surface area contributed by atoms with E-state index in [1.807, 2.05) is 30.3 Å². The maximum absolute atomic E-state index is 9.93. The van der Waals surface area contributed by atoms with Gasteiger partial charge in [0.15, 0.2) is 0 Å². The van der Waals surface area contributed by atoms with E-state index in [1.54, 1.807) is 0 Å². The van der Waals surface area contributed by atoms with E-state index in [2.05, 4.69) is 5.16 Å². The average Bonchev–Trinajstić information content (AvgIpc) is 2.63. The molecule has 0 radical (unpaired) electrons. The van der Waals surface area contributed by atoms with Crippen LogP contribution < -0.4 is 0 Å². The second kappa shape index (κ2) is 4.08. The summed E-state index contributed by atoms with van der Waals surface area (Å²) in [6.45, 7) is 0. The zero-order chi connectivity index (χ0) is 11.8. The highest BCUT2D eigenvalue weighted by Crippen LogP contribution is 2.44. The zero-order valence-electron chi connectivity index (χ0n) is 8.03. The van der Waals surface area contributed by atoms with Gasteiger partial charge in [-0.3, -0.25) is 0 Å². The van der Waals surface area contributed by atoms with Crippen molar-refractivity contribution in [1.29, 1.82) is 0 Å². The van der Waals surface area contributed by atoms with Crippen molar-refractivity contribution in [2.75, 3.05) is 0 Å². The summed E-state index contributed by atoms with van der Waals surface area (Å²) in [4.78, 5) is 4.82. The van der Waals surface area contributed by atoms with E-state index in [9.17, 15) is 5.11 Å². The van der Waals surface area contributed by atoms with E-state index < -0.39 is 9.58 Å². The lowest BCUT2D eigenvalue weighted by molar-refractivity contribution is -0.181. The second-order valence-corrected chi connectivity index (χ2v) is 5.74. The molecule has 86 valence electrons. The van der Waals surface area contributed by atoms with Gasteiger partial charge in [-0.05, 0) is 5.56 Å². The molecule has 1 aliphatic heterocycles. The Morgan fingerprint density at radius 3 is 2.38 bits per heavy atom. The largest absolute Gasteiger partial charge is 0.355 e. The lowest BCUT2D eigenvalue weighted by atomic mass is 10.0. The van der Waals surface area contributed by atoms with Gasteiger partial charge >= 0.3 is 0 Å². The van der Waals surface area contributed by atoms with Crippen molar-refractivity contribution < 1.29 is 9.94 Å². The molecule has 0 fully saturated rings. The molecule has 0 amide bonds. The van der Waals surface area contributed by atoms with Gasteiger partial charge in [0.1, 0.15) is 0 Å². The molecular formula is C10H8Cl3NO2. The summed E-state index contributed by atoms with van der Waals surface area (Å²) in [6, 6.07) is 9.26. The number of halogens is 3. The highest BCUT2D eigenvalue weighted by molar-refractivity contribution is 6.68. The third kappa shape index (κ3) is 2.13. The monoisotopic (exact) mass is 279 g/mol. The smallest absolute Gasteiger partial charge is 0.287 e. The number of oxime groups is 1. The fourth-order valence-corrected chi connectivity index (χ4v) is 1.66. The quantitative estimate of drug-likeness (QED) is 0.804. The molecule has 1 atom stereocenters. The van der Waals surface area contributed by atoms with Crippen LogP contribution in [-0.4, -0.2) is 20.4 Å². The maximum atomic E-state index is 9.93. The summed E-state index contributed by atoms with van der Waals surface area (Å²) in [5, 5.41) is 13.7. The van der Waals surface area contributed by atoms with Crippen LogP contribution in [-0.2, 0) is 4.84 Å². The van der Waals surface area contributed by atoms with Crippen molar-refractivity contribution in [3.8, 4) is 0 Å². The summed E-state index contributed by atoms with van der Waals surface area (Å²) >= 11 is 16.8. The standard InChI is InChI=1S/C10H8Cl3NO2/c11-10(12,13)9(15)6-8(14-16-9)7-4-2-1-3-5-7/h1-5,15H,6H2. The Labute approximate surface area is 108 Å². The molecule has 0 bridgehead atoms. The fraction of sp³-hybridized carbons (Fsp3) is 0.300. The van der Waals surface area contributed by atoms with Gasteiger partial charge in [-0.1, -0.05) is 70.3 Å². The second-order valence-electron chi connectivity index (χ2n) is 3.45. The van der Waals surface area contributed by atoms with E-state index in [1.165, 1.54) is 0 Å². The van der Waals surface area contributed by atoms with Gasteiger partial charge < -0.3 is 9.94 Å². The normalized spacial score (nSPS) is 25.1. The van der Waals surface area contributed by atoms with Crippen LogP contribution in [0.15, 0.2) is 35.5 Å². The number of alkyl halides is 3. The number of nitrogens with zero attached hydrogens (tertiary/aromatic N) is 1. The van der Waals surface area contributed by atoms with Gasteiger partial charge in [0, 0.05) is 0 Å². The Balaban J connectivity index is 2.20. The minimum absolute atomic E-state index is 0.0352. The van der Waals surface area contributed by atoms with Crippen LogP contribution >= 0.6 is 34.8 Å². The Hall–Kier alpha value is -0.480. The van der Waals surface area contributed by atoms with Crippen LogP contribution in [0.25, 0.3) is 0 Å². The minimum atomic E-state index is -1.94. The molecule has 3 nitrogen and oxygen atoms in total. The van der Waals surface area contributed by atoms with Crippen molar-refractivity contribution in [2.24, 2.45) is 5.16 Å². The van der Waals surface area contributed by atoms with Crippen LogP contribution in [0.1, 0.15) is 12.0 Å².